The standard InChI is InChI=1S/C25H24N4O4S3/c1-29(27)22(28-24(32)33-13-14-5-3-2-4-6-14)21(26)19-12-18-17(35-19)11-16(34-18)15-7-8-20(36-15)25(9-10-25)23(30)31/h2-8,11-12H,9-10,13,26-27H2,1H3,(H,28,32)(H,30,31)/b22-21-. The second-order valence-corrected chi connectivity index (χ2v) is 11.8. The lowest BCUT2D eigenvalue weighted by atomic mass is 10.1. The molecule has 186 valence electrons. The van der Waals surface area contributed by atoms with Gasteiger partial charge in [-0.15, -0.1) is 34.0 Å². The third-order valence-corrected chi connectivity index (χ3v) is 9.81. The van der Waals surface area contributed by atoms with Gasteiger partial charge in [-0.25, -0.2) is 10.6 Å². The number of nitrogens with zero attached hydrogens (tertiary/aromatic N) is 1. The van der Waals surface area contributed by atoms with Crippen molar-refractivity contribution >= 4 is 61.2 Å². The van der Waals surface area contributed by atoms with Crippen LogP contribution in [0.2, 0.25) is 0 Å². The van der Waals surface area contributed by atoms with Gasteiger partial charge < -0.3 is 15.6 Å². The monoisotopic (exact) mass is 540 g/mol. The van der Waals surface area contributed by atoms with Gasteiger partial charge >= 0.3 is 12.1 Å². The Bertz CT molecular complexity index is 1430. The molecule has 1 fully saturated rings. The van der Waals surface area contributed by atoms with Gasteiger partial charge in [0.15, 0.2) is 0 Å². The number of aliphatic carboxylic acids is 1. The quantitative estimate of drug-likeness (QED) is 0.180. The van der Waals surface area contributed by atoms with Gasteiger partial charge in [-0.2, -0.15) is 0 Å². The maximum Gasteiger partial charge on any atom is 0.413 e. The average Bonchev–Trinajstić information content (AvgIpc) is 3.16. The van der Waals surface area contributed by atoms with Crippen molar-refractivity contribution in [2.45, 2.75) is 24.9 Å². The summed E-state index contributed by atoms with van der Waals surface area (Å²) in [7, 11) is 1.59. The first-order valence-corrected chi connectivity index (χ1v) is 13.6. The highest BCUT2D eigenvalue weighted by Gasteiger charge is 2.52. The summed E-state index contributed by atoms with van der Waals surface area (Å²) in [5.41, 5.74) is 6.92. The smallest absolute Gasteiger partial charge is 0.413 e. The van der Waals surface area contributed by atoms with Crippen LogP contribution in [0.1, 0.15) is 28.2 Å². The average molecular weight is 541 g/mol. The summed E-state index contributed by atoms with van der Waals surface area (Å²) < 4.78 is 7.39. The highest BCUT2D eigenvalue weighted by Crippen LogP contribution is 2.52. The van der Waals surface area contributed by atoms with Crippen molar-refractivity contribution in [1.29, 1.82) is 0 Å². The Kier molecular flexibility index (Phi) is 6.47. The molecule has 36 heavy (non-hydrogen) atoms. The lowest BCUT2D eigenvalue weighted by molar-refractivity contribution is -0.139. The summed E-state index contributed by atoms with van der Waals surface area (Å²) in [6, 6.07) is 17.4. The number of nitrogens with one attached hydrogen (secondary N) is 1. The van der Waals surface area contributed by atoms with E-state index in [1.54, 1.807) is 29.7 Å². The minimum absolute atomic E-state index is 0.129. The number of thiophene rings is 3. The summed E-state index contributed by atoms with van der Waals surface area (Å²) in [5.74, 6) is 5.46. The number of hydrazine groups is 1. The minimum Gasteiger partial charge on any atom is -0.481 e. The van der Waals surface area contributed by atoms with E-state index in [-0.39, 0.29) is 12.4 Å². The third kappa shape index (κ3) is 4.70. The van der Waals surface area contributed by atoms with E-state index < -0.39 is 17.5 Å². The number of nitrogens with two attached hydrogens (primary N) is 2. The maximum atomic E-state index is 12.4. The molecule has 0 atom stereocenters. The van der Waals surface area contributed by atoms with Crippen LogP contribution in [0.4, 0.5) is 4.79 Å². The fourth-order valence-corrected chi connectivity index (χ4v) is 7.51. The Morgan fingerprint density at radius 3 is 2.42 bits per heavy atom. The van der Waals surface area contributed by atoms with Gasteiger partial charge in [0.25, 0.3) is 0 Å². The van der Waals surface area contributed by atoms with Gasteiger partial charge in [0, 0.05) is 31.1 Å². The molecule has 3 aromatic heterocycles. The lowest BCUT2D eigenvalue weighted by Gasteiger charge is -2.19. The number of carboxylic acids is 1. The molecule has 1 aliphatic carbocycles. The normalized spacial score (nSPS) is 14.8. The molecule has 8 nitrogen and oxygen atoms in total. The molecular weight excluding hydrogens is 517 g/mol. The van der Waals surface area contributed by atoms with Crippen LogP contribution < -0.4 is 16.9 Å². The first kappa shape index (κ1) is 24.3. The van der Waals surface area contributed by atoms with Crippen LogP contribution in [0.3, 0.4) is 0 Å². The molecule has 0 spiro atoms. The van der Waals surface area contributed by atoms with E-state index in [4.69, 9.17) is 16.3 Å². The van der Waals surface area contributed by atoms with Gasteiger partial charge in [-0.3, -0.25) is 15.1 Å². The number of alkyl carbamates (subject to hydrolysis) is 1. The van der Waals surface area contributed by atoms with E-state index in [1.807, 2.05) is 48.5 Å². The van der Waals surface area contributed by atoms with E-state index in [0.717, 1.165) is 34.5 Å². The fraction of sp³-hybridized carbons (Fsp3) is 0.200. The number of hydrogen-bond acceptors (Lipinski definition) is 9. The first-order valence-electron chi connectivity index (χ1n) is 11.1. The second kappa shape index (κ2) is 9.58. The van der Waals surface area contributed by atoms with Crippen LogP contribution in [-0.4, -0.2) is 29.2 Å². The number of hydrogen-bond donors (Lipinski definition) is 4. The number of rotatable bonds is 8. The largest absolute Gasteiger partial charge is 0.481 e. The molecule has 1 aromatic carbocycles. The fourth-order valence-electron chi connectivity index (χ4n) is 3.83. The SMILES string of the molecule is CN(N)/C(NC(=O)OCc1ccccc1)=C(\N)c1cc2sc(-c3ccc(C4(C(=O)O)CC4)s3)cc2s1. The van der Waals surface area contributed by atoms with Crippen LogP contribution in [0.25, 0.3) is 24.9 Å². The Balaban J connectivity index is 1.33. The van der Waals surface area contributed by atoms with E-state index in [2.05, 4.69) is 11.4 Å². The minimum atomic E-state index is -0.742. The Labute approximate surface area is 219 Å². The number of benzene rings is 1. The summed E-state index contributed by atoms with van der Waals surface area (Å²) in [6.07, 6.45) is 0.739. The zero-order valence-electron chi connectivity index (χ0n) is 19.3. The van der Waals surface area contributed by atoms with Crippen molar-refractivity contribution in [2.24, 2.45) is 11.6 Å². The first-order chi connectivity index (χ1) is 17.3. The van der Waals surface area contributed by atoms with Crippen LogP contribution in [0.15, 0.2) is 60.4 Å². The molecule has 0 unspecified atom stereocenters. The topological polar surface area (TPSA) is 131 Å². The molecule has 6 N–H and O–H groups in total. The van der Waals surface area contributed by atoms with Crippen molar-refractivity contribution in [3.63, 3.8) is 0 Å². The molecule has 11 heteroatoms. The number of fused-ring (bicyclic) bond motifs is 1. The Hall–Kier alpha value is -3.38. The highest BCUT2D eigenvalue weighted by atomic mass is 32.1. The van der Waals surface area contributed by atoms with Crippen LogP contribution in [0.5, 0.6) is 0 Å². The van der Waals surface area contributed by atoms with Crippen LogP contribution >= 0.6 is 34.0 Å². The van der Waals surface area contributed by atoms with E-state index in [9.17, 15) is 14.7 Å². The third-order valence-electron chi connectivity index (χ3n) is 5.99. The number of ether oxygens (including phenoxy) is 1. The molecular formula is C25H24N4O4S3. The van der Waals surface area contributed by atoms with E-state index >= 15 is 0 Å². The summed E-state index contributed by atoms with van der Waals surface area (Å²) in [6.45, 7) is 0.129. The van der Waals surface area contributed by atoms with E-state index in [0.29, 0.717) is 18.5 Å². The van der Waals surface area contributed by atoms with Crippen LogP contribution in [-0.2, 0) is 21.6 Å². The van der Waals surface area contributed by atoms with Crippen molar-refractivity contribution in [3.05, 3.63) is 75.7 Å². The summed E-state index contributed by atoms with van der Waals surface area (Å²) in [5, 5.41) is 13.5. The van der Waals surface area contributed by atoms with Crippen molar-refractivity contribution in [2.75, 3.05) is 7.05 Å². The van der Waals surface area contributed by atoms with Crippen molar-refractivity contribution < 1.29 is 19.4 Å². The zero-order valence-corrected chi connectivity index (χ0v) is 21.8. The van der Waals surface area contributed by atoms with Crippen molar-refractivity contribution in [3.8, 4) is 9.75 Å². The molecule has 0 radical (unpaired) electrons. The molecule has 5 rings (SSSR count). The summed E-state index contributed by atoms with van der Waals surface area (Å²) in [4.78, 5) is 27.8. The predicted molar refractivity (Wildman–Crippen MR) is 144 cm³/mol. The van der Waals surface area contributed by atoms with Crippen LogP contribution in [0, 0.1) is 0 Å². The number of carboxylic acid groups (broad SMARTS) is 1. The molecule has 0 aliphatic heterocycles. The molecule has 1 amide bonds. The molecule has 1 saturated carbocycles. The van der Waals surface area contributed by atoms with Gasteiger partial charge in [0.05, 0.1) is 10.6 Å². The van der Waals surface area contributed by atoms with E-state index in [1.165, 1.54) is 16.3 Å². The number of amides is 1. The van der Waals surface area contributed by atoms with Crippen molar-refractivity contribution in [1.82, 2.24) is 10.3 Å². The molecule has 4 aromatic rings. The molecule has 0 saturated heterocycles. The van der Waals surface area contributed by atoms with Gasteiger partial charge in [-0.05, 0) is 42.7 Å². The Morgan fingerprint density at radius 1 is 1.06 bits per heavy atom. The molecule has 0 bridgehead atoms. The molecule has 1 aliphatic rings. The number of carbonyl (C=O) groups excluding carboxylic acids is 1. The summed E-state index contributed by atoms with van der Waals surface area (Å²) >= 11 is 4.66. The highest BCUT2D eigenvalue weighted by molar-refractivity contribution is 7.31. The second-order valence-electron chi connectivity index (χ2n) is 8.56. The van der Waals surface area contributed by atoms with Gasteiger partial charge in [0.1, 0.15) is 17.8 Å². The predicted octanol–water partition coefficient (Wildman–Crippen LogP) is 5.12. The lowest BCUT2D eigenvalue weighted by Crippen LogP contribution is -2.39. The van der Waals surface area contributed by atoms with Gasteiger partial charge in [0.2, 0.25) is 0 Å². The maximum absolute atomic E-state index is 12.4. The zero-order chi connectivity index (χ0) is 25.4. The Morgan fingerprint density at radius 2 is 1.78 bits per heavy atom. The van der Waals surface area contributed by atoms with Gasteiger partial charge in [-0.1, -0.05) is 30.3 Å². The molecule has 3 heterocycles. The number of carbonyl (C=O) groups is 2.